The highest BCUT2D eigenvalue weighted by molar-refractivity contribution is 9.10. The van der Waals surface area contributed by atoms with Crippen LogP contribution in [-0.2, 0) is 9.63 Å². The smallest absolute Gasteiger partial charge is 0.367 e. The summed E-state index contributed by atoms with van der Waals surface area (Å²) in [5.41, 5.74) is 1.90. The minimum Gasteiger partial charge on any atom is -0.488 e. The van der Waals surface area contributed by atoms with Crippen molar-refractivity contribution in [3.05, 3.63) is 46.5 Å². The van der Waals surface area contributed by atoms with Crippen LogP contribution in [0.2, 0.25) is 0 Å². The molecule has 0 aromatic heterocycles. The SMILES string of the molecule is C=CCOc1ccc(/C=C2/C(=O)ON=C2C)cc1Br. The first-order valence-corrected chi connectivity index (χ1v) is 6.42. The molecule has 1 heterocycles. The minimum absolute atomic E-state index is 0.430. The second-order valence-corrected chi connectivity index (χ2v) is 4.76. The summed E-state index contributed by atoms with van der Waals surface area (Å²) in [5, 5.41) is 3.63. The van der Waals surface area contributed by atoms with Gasteiger partial charge in [0.1, 0.15) is 12.4 Å². The van der Waals surface area contributed by atoms with Gasteiger partial charge < -0.3 is 9.57 Å². The van der Waals surface area contributed by atoms with E-state index in [9.17, 15) is 4.79 Å². The molecule has 0 bridgehead atoms. The van der Waals surface area contributed by atoms with Gasteiger partial charge in [0.05, 0.1) is 15.8 Å². The Kier molecular flexibility index (Phi) is 4.16. The molecule has 4 nitrogen and oxygen atoms in total. The van der Waals surface area contributed by atoms with Crippen molar-refractivity contribution >= 4 is 33.7 Å². The number of hydrogen-bond acceptors (Lipinski definition) is 4. The molecule has 1 aliphatic rings. The highest BCUT2D eigenvalue weighted by Crippen LogP contribution is 2.27. The highest BCUT2D eigenvalue weighted by Gasteiger charge is 2.21. The van der Waals surface area contributed by atoms with E-state index in [0.717, 1.165) is 15.8 Å². The van der Waals surface area contributed by atoms with E-state index < -0.39 is 5.97 Å². The average Bonchev–Trinajstić information content (AvgIpc) is 2.70. The first-order valence-electron chi connectivity index (χ1n) is 5.63. The summed E-state index contributed by atoms with van der Waals surface area (Å²) in [6.45, 7) is 5.76. The standard InChI is InChI=1S/C14H12BrNO3/c1-3-6-18-13-5-4-10(8-12(13)15)7-11-9(2)16-19-14(11)17/h3-5,7-8H,1,6H2,2H3/b11-7+. The Morgan fingerprint density at radius 3 is 2.89 bits per heavy atom. The molecular weight excluding hydrogens is 310 g/mol. The van der Waals surface area contributed by atoms with Gasteiger partial charge >= 0.3 is 5.97 Å². The van der Waals surface area contributed by atoms with Crippen molar-refractivity contribution in [1.29, 1.82) is 0 Å². The number of hydrogen-bond donors (Lipinski definition) is 0. The third-order valence-corrected chi connectivity index (χ3v) is 3.12. The molecule has 0 atom stereocenters. The number of halogens is 1. The molecule has 5 heteroatoms. The van der Waals surface area contributed by atoms with Gasteiger partial charge in [0.2, 0.25) is 0 Å². The molecule has 0 fully saturated rings. The number of benzene rings is 1. The van der Waals surface area contributed by atoms with Gasteiger partial charge in [0.15, 0.2) is 0 Å². The zero-order chi connectivity index (χ0) is 13.8. The molecule has 2 rings (SSSR count). The van der Waals surface area contributed by atoms with Gasteiger partial charge in [-0.2, -0.15) is 0 Å². The fraction of sp³-hybridized carbons (Fsp3) is 0.143. The lowest BCUT2D eigenvalue weighted by Crippen LogP contribution is -2.01. The van der Waals surface area contributed by atoms with Crippen LogP contribution in [0.25, 0.3) is 6.08 Å². The molecule has 0 N–H and O–H groups in total. The van der Waals surface area contributed by atoms with Gasteiger partial charge in [-0.1, -0.05) is 23.9 Å². The summed E-state index contributed by atoms with van der Waals surface area (Å²) in [4.78, 5) is 16.0. The van der Waals surface area contributed by atoms with Gasteiger partial charge in [-0.05, 0) is 46.6 Å². The monoisotopic (exact) mass is 321 g/mol. The van der Waals surface area contributed by atoms with Crippen LogP contribution in [0.15, 0.2) is 46.1 Å². The lowest BCUT2D eigenvalue weighted by atomic mass is 10.1. The summed E-state index contributed by atoms with van der Waals surface area (Å²) in [6, 6.07) is 5.55. The maximum atomic E-state index is 11.4. The third kappa shape index (κ3) is 3.12. The van der Waals surface area contributed by atoms with E-state index >= 15 is 0 Å². The topological polar surface area (TPSA) is 47.9 Å². The summed E-state index contributed by atoms with van der Waals surface area (Å²) in [7, 11) is 0. The van der Waals surface area contributed by atoms with Crippen LogP contribution in [-0.4, -0.2) is 18.3 Å². The summed E-state index contributed by atoms with van der Waals surface area (Å²) in [6.07, 6.45) is 3.41. The van der Waals surface area contributed by atoms with Crippen molar-refractivity contribution in [2.45, 2.75) is 6.92 Å². The Balaban J connectivity index is 2.25. The molecule has 0 saturated heterocycles. The van der Waals surface area contributed by atoms with Crippen LogP contribution >= 0.6 is 15.9 Å². The van der Waals surface area contributed by atoms with Crippen LogP contribution < -0.4 is 4.74 Å². The molecule has 0 unspecified atom stereocenters. The second-order valence-electron chi connectivity index (χ2n) is 3.90. The van der Waals surface area contributed by atoms with E-state index in [-0.39, 0.29) is 0 Å². The second kappa shape index (κ2) is 5.84. The Bertz CT molecular complexity index is 590. The van der Waals surface area contributed by atoms with E-state index in [1.165, 1.54) is 0 Å². The highest BCUT2D eigenvalue weighted by atomic mass is 79.9. The van der Waals surface area contributed by atoms with Gasteiger partial charge in [-0.3, -0.25) is 0 Å². The number of oxime groups is 1. The van der Waals surface area contributed by atoms with E-state index in [4.69, 9.17) is 4.74 Å². The van der Waals surface area contributed by atoms with Crippen LogP contribution in [0.5, 0.6) is 5.75 Å². The molecule has 1 aliphatic heterocycles. The number of carbonyl (C=O) groups is 1. The fourth-order valence-electron chi connectivity index (χ4n) is 1.56. The normalized spacial score (nSPS) is 16.2. The van der Waals surface area contributed by atoms with Crippen LogP contribution in [0, 0.1) is 0 Å². The largest absolute Gasteiger partial charge is 0.488 e. The van der Waals surface area contributed by atoms with Crippen molar-refractivity contribution < 1.29 is 14.4 Å². The molecule has 98 valence electrons. The molecule has 0 saturated carbocycles. The fourth-order valence-corrected chi connectivity index (χ4v) is 2.07. The first kappa shape index (κ1) is 13.5. The van der Waals surface area contributed by atoms with Crippen LogP contribution in [0.4, 0.5) is 0 Å². The molecular formula is C14H12BrNO3. The lowest BCUT2D eigenvalue weighted by molar-refractivity contribution is -0.136. The van der Waals surface area contributed by atoms with E-state index in [1.54, 1.807) is 19.1 Å². The van der Waals surface area contributed by atoms with Gasteiger partial charge in [-0.25, -0.2) is 4.79 Å². The Hall–Kier alpha value is -1.88. The van der Waals surface area contributed by atoms with Crippen molar-refractivity contribution in [3.8, 4) is 5.75 Å². The maximum Gasteiger partial charge on any atom is 0.367 e. The zero-order valence-electron chi connectivity index (χ0n) is 10.4. The summed E-state index contributed by atoms with van der Waals surface area (Å²) < 4.78 is 6.26. The quantitative estimate of drug-likeness (QED) is 0.485. The number of nitrogens with zero attached hydrogens (tertiary/aromatic N) is 1. The Labute approximate surface area is 119 Å². The van der Waals surface area contributed by atoms with Crippen molar-refractivity contribution in [2.24, 2.45) is 5.16 Å². The lowest BCUT2D eigenvalue weighted by Gasteiger charge is -2.06. The molecule has 1 aromatic carbocycles. The third-order valence-electron chi connectivity index (χ3n) is 2.50. The number of ether oxygens (including phenoxy) is 1. The van der Waals surface area contributed by atoms with Gasteiger partial charge in [0.25, 0.3) is 0 Å². The molecule has 0 spiro atoms. The predicted molar refractivity (Wildman–Crippen MR) is 77.0 cm³/mol. The number of carbonyl (C=O) groups excluding carboxylic acids is 1. The van der Waals surface area contributed by atoms with E-state index in [0.29, 0.717) is 17.9 Å². The molecule has 0 aliphatic carbocycles. The first-order chi connectivity index (χ1) is 9.11. The molecule has 0 amide bonds. The Morgan fingerprint density at radius 2 is 2.32 bits per heavy atom. The van der Waals surface area contributed by atoms with Crippen molar-refractivity contribution in [3.63, 3.8) is 0 Å². The van der Waals surface area contributed by atoms with Gasteiger partial charge in [-0.15, -0.1) is 0 Å². The van der Waals surface area contributed by atoms with Gasteiger partial charge in [0, 0.05) is 0 Å². The minimum atomic E-state index is -0.430. The number of rotatable bonds is 4. The van der Waals surface area contributed by atoms with E-state index in [1.807, 2.05) is 18.2 Å². The summed E-state index contributed by atoms with van der Waals surface area (Å²) >= 11 is 3.42. The van der Waals surface area contributed by atoms with Crippen molar-refractivity contribution in [1.82, 2.24) is 0 Å². The van der Waals surface area contributed by atoms with Crippen LogP contribution in [0.1, 0.15) is 12.5 Å². The van der Waals surface area contributed by atoms with Crippen LogP contribution in [0.3, 0.4) is 0 Å². The molecule has 1 aromatic rings. The summed E-state index contributed by atoms with van der Waals surface area (Å²) in [5.74, 6) is 0.294. The van der Waals surface area contributed by atoms with E-state index in [2.05, 4.69) is 32.5 Å². The average molecular weight is 322 g/mol. The molecule has 0 radical (unpaired) electrons. The van der Waals surface area contributed by atoms with Crippen molar-refractivity contribution in [2.75, 3.05) is 6.61 Å². The predicted octanol–water partition coefficient (Wildman–Crippen LogP) is 3.33. The zero-order valence-corrected chi connectivity index (χ0v) is 11.9. The Morgan fingerprint density at radius 1 is 1.53 bits per heavy atom. The maximum absolute atomic E-state index is 11.4. The molecule has 19 heavy (non-hydrogen) atoms.